The summed E-state index contributed by atoms with van der Waals surface area (Å²) in [5, 5.41) is 39.4. The number of carboxylic acid groups (broad SMARTS) is 4. The number of anilines is 3. The number of benzene rings is 6. The summed E-state index contributed by atoms with van der Waals surface area (Å²) in [6.45, 7) is 5.92. The van der Waals surface area contributed by atoms with E-state index in [2.05, 4.69) is 149 Å². The molecule has 0 atom stereocenters. The van der Waals surface area contributed by atoms with Gasteiger partial charge in [-0.15, -0.1) is 0 Å². The van der Waals surface area contributed by atoms with Crippen molar-refractivity contribution < 1.29 is 117 Å². The Morgan fingerprint density at radius 1 is 0.544 bits per heavy atom. The van der Waals surface area contributed by atoms with Gasteiger partial charge in [0, 0.05) is 85.7 Å². The van der Waals surface area contributed by atoms with Crippen LogP contribution in [0.5, 0.6) is 0 Å². The van der Waals surface area contributed by atoms with E-state index in [1.54, 1.807) is 40.1 Å². The molecule has 3 radical (unpaired) electrons. The van der Waals surface area contributed by atoms with Crippen molar-refractivity contribution in [1.29, 1.82) is 0 Å². The van der Waals surface area contributed by atoms with Gasteiger partial charge in [-0.3, -0.25) is 64.6 Å². The molecule has 0 spiro atoms. The van der Waals surface area contributed by atoms with Crippen LogP contribution >= 0.6 is 63.7 Å². The minimum Gasteiger partial charge on any atom is -0.652 e. The molecule has 0 unspecified atom stereocenters. The number of nitrogens with zero attached hydrogens (tertiary/aromatic N) is 5. The maximum atomic E-state index is 11.8. The van der Waals surface area contributed by atoms with E-state index in [1.807, 2.05) is 97.1 Å². The number of carbonyl (C=O) groups excluding carboxylic acids is 5. The number of Topliss-reactive ketones (excluding diaryl/α,β-unsaturated/α-hetero) is 1. The molecule has 0 aliphatic rings. The molecule has 6 aromatic carbocycles. The van der Waals surface area contributed by atoms with Crippen LogP contribution in [-0.4, -0.2) is 97.6 Å². The molecule has 0 bridgehead atoms. The first kappa shape index (κ1) is 96.1. The molecule has 14 N–H and O–H groups in total. The summed E-state index contributed by atoms with van der Waals surface area (Å²) in [6, 6.07) is 51.7. The molecule has 33 heteroatoms. The van der Waals surface area contributed by atoms with Crippen LogP contribution in [0.4, 0.5) is 22.6 Å². The fraction of sp³-hybridized carbons (Fsp3) is 0.214. The number of carbonyl (C=O) groups is 6. The van der Waals surface area contributed by atoms with Crippen LogP contribution < -0.4 is 117 Å². The number of nitrogens with two attached hydrogens (primary N) is 6. The summed E-state index contributed by atoms with van der Waals surface area (Å²) in [4.78, 5) is 111. The molecule has 0 fully saturated rings. The standard InChI is InChI=1S/C19H19N3O.C12H12BrN3O.C12H13BrO3.C11H10BrN3O.C8H7BrO2.C5H8O4.CH5N3.CH2O3.CH4.B.K.H2/c1-13-5-3-7-15(9-13)16-8-4-6-14(10-16)11-17-12-18(23)22(2)19(20)21-17;1-16-11(17)7-10(15-12(16)14)6-8-3-2-4-9(13)5-8;1-2-16-12(15)8-11(14)7-9-4-3-5-10(13)6-9;12-8-3-1-2-7(4-8)5-9-6-10(16)15-11(13)14-9;9-7-3-1-2-6(4-7)5-8(10)11;1-2-9-5(8)3-4(6)7;2*2-1(3)4;;;;/h3-10,12H,11H2,1-2H3,(H2,20,21);2-5,7H,6H2,1H3,(H2,14,15);3-6H,2,7-8H2,1H3;1-4,6H,5H2,(H3,13,14,15,16);1-4H,5H2,(H,10,11);2-3H2,1H3,(H,6,7);(H5,2,3,4);(H2,2,3,4);1H4;;;1H/q;;;;;;;;;;+1;/p-2/i;;;;;;;;;;;1+1. The van der Waals surface area contributed by atoms with E-state index in [0.29, 0.717) is 43.0 Å². The Kier molecular flexibility index (Phi) is 48.6. The van der Waals surface area contributed by atoms with Crippen molar-refractivity contribution in [2.75, 3.05) is 30.4 Å². The number of ether oxygens (including phenoxy) is 2. The number of ketones is 1. The molecule has 3 aromatic heterocycles. The number of nitrogen functional groups attached to an aromatic ring is 3. The van der Waals surface area contributed by atoms with Gasteiger partial charge in [0.1, 0.15) is 12.2 Å². The molecule has 0 saturated carbocycles. The first-order valence-electron chi connectivity index (χ1n) is 29.6. The number of aliphatic carboxylic acids is 2. The van der Waals surface area contributed by atoms with Crippen LogP contribution in [0.15, 0.2) is 196 Å². The van der Waals surface area contributed by atoms with Gasteiger partial charge in [-0.25, -0.2) is 15.0 Å². The predicted octanol–water partition coefficient (Wildman–Crippen LogP) is 1.71. The predicted molar refractivity (Wildman–Crippen MR) is 402 cm³/mol. The molecule has 0 aliphatic heterocycles. The van der Waals surface area contributed by atoms with Crippen molar-refractivity contribution in [3.05, 3.63) is 263 Å². The number of rotatable bonds is 17. The second kappa shape index (κ2) is 52.1. The molecule has 9 rings (SSSR count). The van der Waals surface area contributed by atoms with E-state index in [4.69, 9.17) is 42.1 Å². The van der Waals surface area contributed by atoms with Gasteiger partial charge in [-0.2, -0.15) is 0 Å². The van der Waals surface area contributed by atoms with Crippen LogP contribution in [0.1, 0.15) is 86.0 Å². The minimum atomic E-state index is -2.33. The SMILES string of the molecule is C.CCOC(=O)CC(=O)Cc1cccc(Br)c1.CCOC(=O)CC(=O)[O-].Cc1cccc(-c2cccc(Cc3cc(=O)n(C)c(N)n3)c2)c1.Cn1c(N)nc(Cc2cccc(Br)c2)cc1=O.NC(N)=[NH2+].Nc1nc(Cc2cccc(Br)c2)cc(=O)[nH]1.O=C(O)Cc1cccc(Br)c1.O=C([O-])[O-].[2HH].[B].[K+]. The Hall–Kier alpha value is -8.93. The average molecular weight is 1700 g/mol. The number of aromatic amines is 1. The molecule has 27 nitrogen and oxygen atoms in total. The number of H-pyrrole nitrogens is 1. The van der Waals surface area contributed by atoms with Crippen LogP contribution in [0.25, 0.3) is 11.1 Å². The zero-order chi connectivity index (χ0) is 75.0. The van der Waals surface area contributed by atoms with Crippen molar-refractivity contribution in [3.8, 4) is 11.1 Å². The summed E-state index contributed by atoms with van der Waals surface area (Å²) in [7, 11) is 3.22. The Bertz CT molecular complexity index is 4400. The Morgan fingerprint density at radius 3 is 1.24 bits per heavy atom. The van der Waals surface area contributed by atoms with E-state index in [-0.39, 0.29) is 141 Å². The third-order valence-electron chi connectivity index (χ3n) is 12.2. The van der Waals surface area contributed by atoms with Crippen LogP contribution in [0, 0.1) is 6.92 Å². The maximum absolute atomic E-state index is 11.8. The molecular formula is C70H80BBr4KN12O15-. The molecular weight excluding hydrogens is 1620 g/mol. The Morgan fingerprint density at radius 2 is 0.883 bits per heavy atom. The molecule has 9 aromatic rings. The summed E-state index contributed by atoms with van der Waals surface area (Å²) in [5.74, 6) is -3.00. The van der Waals surface area contributed by atoms with E-state index in [0.717, 1.165) is 51.3 Å². The first-order valence-corrected chi connectivity index (χ1v) is 32.7. The number of hydrogen-bond donors (Lipinski definition) is 8. The van der Waals surface area contributed by atoms with Gasteiger partial charge in [0.2, 0.25) is 17.8 Å². The Labute approximate surface area is 674 Å². The van der Waals surface area contributed by atoms with Crippen LogP contribution in [0.3, 0.4) is 0 Å². The fourth-order valence-electron chi connectivity index (χ4n) is 8.08. The fourth-order valence-corrected chi connectivity index (χ4v) is 9.87. The molecule has 0 amide bonds. The number of hydrogen-bond acceptors (Lipinski definition) is 20. The van der Waals surface area contributed by atoms with E-state index >= 15 is 0 Å². The van der Waals surface area contributed by atoms with Gasteiger partial charge in [-0.05, 0) is 114 Å². The van der Waals surface area contributed by atoms with E-state index < -0.39 is 36.5 Å². The minimum absolute atomic E-state index is 0. The second-order valence-corrected chi connectivity index (χ2v) is 24.3. The number of halogens is 4. The molecule has 103 heavy (non-hydrogen) atoms. The van der Waals surface area contributed by atoms with E-state index in [9.17, 15) is 43.5 Å². The molecule has 0 saturated heterocycles. The number of carboxylic acids is 2. The van der Waals surface area contributed by atoms with Gasteiger partial charge in [-0.1, -0.05) is 174 Å². The largest absolute Gasteiger partial charge is 1.00 e. The quantitative estimate of drug-likeness (QED) is 0.0211. The number of aromatic nitrogens is 6. The summed E-state index contributed by atoms with van der Waals surface area (Å²) in [5.41, 5.74) is 36.1. The molecule has 543 valence electrons. The van der Waals surface area contributed by atoms with Gasteiger partial charge in [0.15, 0.2) is 0 Å². The smallest absolute Gasteiger partial charge is 0.652 e. The number of guanidine groups is 1. The normalized spacial score (nSPS) is 9.49. The zero-order valence-corrected chi connectivity index (χ0v) is 65.9. The summed E-state index contributed by atoms with van der Waals surface area (Å²) < 4.78 is 15.5. The number of esters is 2. The average Bonchev–Trinajstić information content (AvgIpc) is 0.841. The monoisotopic (exact) mass is 1700 g/mol. The van der Waals surface area contributed by atoms with Crippen molar-refractivity contribution in [2.24, 2.45) is 25.6 Å². The first-order chi connectivity index (χ1) is 47.1. The van der Waals surface area contributed by atoms with Crippen molar-refractivity contribution in [1.82, 2.24) is 29.1 Å². The van der Waals surface area contributed by atoms with Gasteiger partial charge in [0.25, 0.3) is 16.7 Å². The second-order valence-electron chi connectivity index (χ2n) is 20.6. The number of nitrogens with one attached hydrogen (secondary N) is 1. The zero-order valence-electron chi connectivity index (χ0n) is 56.4. The van der Waals surface area contributed by atoms with E-state index in [1.165, 1.54) is 38.5 Å². The number of aryl methyl sites for hydroxylation is 1. The maximum Gasteiger partial charge on any atom is 1.00 e. The van der Waals surface area contributed by atoms with Gasteiger partial charge in [0.05, 0.1) is 49.1 Å². The topological polar surface area (TPSA) is 482 Å². The van der Waals surface area contributed by atoms with Gasteiger partial charge >= 0.3 is 75.3 Å². The van der Waals surface area contributed by atoms with Crippen LogP contribution in [0.2, 0.25) is 0 Å². The third kappa shape index (κ3) is 43.6. The molecule has 3 heterocycles. The van der Waals surface area contributed by atoms with Crippen molar-refractivity contribution in [2.45, 2.75) is 73.1 Å². The van der Waals surface area contributed by atoms with Crippen molar-refractivity contribution >= 4 is 132 Å². The third-order valence-corrected chi connectivity index (χ3v) is 14.2. The van der Waals surface area contributed by atoms with Crippen molar-refractivity contribution in [3.63, 3.8) is 0 Å². The summed E-state index contributed by atoms with van der Waals surface area (Å²) in [6.07, 6.45) is -1.03. The summed E-state index contributed by atoms with van der Waals surface area (Å²) >= 11 is 13.4. The van der Waals surface area contributed by atoms with Gasteiger partial charge < -0.3 is 56.7 Å². The van der Waals surface area contributed by atoms with Crippen LogP contribution in [-0.2, 0) is 79.6 Å². The molecule has 0 aliphatic carbocycles. The Balaban J connectivity index is -0.00000116.